The molecular formula is C30H22F3N7O. The normalized spacial score (nSPS) is 11.5. The number of carbonyl (C=O) groups excluding carboxylic acids is 1. The minimum Gasteiger partial charge on any atom is -0.308 e. The number of urea groups is 1. The summed E-state index contributed by atoms with van der Waals surface area (Å²) in [4.78, 5) is 26.6. The maximum Gasteiger partial charge on any atom is 0.416 e. The van der Waals surface area contributed by atoms with Crippen LogP contribution in [0.1, 0.15) is 11.1 Å². The van der Waals surface area contributed by atoms with Crippen LogP contribution in [0, 0.1) is 6.92 Å². The molecule has 2 N–H and O–H groups in total. The number of halogens is 3. The van der Waals surface area contributed by atoms with E-state index in [1.54, 1.807) is 30.6 Å². The van der Waals surface area contributed by atoms with E-state index in [2.05, 4.69) is 20.6 Å². The number of nitrogens with one attached hydrogen (secondary N) is 2. The molecule has 0 saturated heterocycles. The molecule has 2 amide bonds. The Kier molecular flexibility index (Phi) is 6.46. The highest BCUT2D eigenvalue weighted by atomic mass is 19.4. The van der Waals surface area contributed by atoms with Crippen molar-refractivity contribution in [1.29, 1.82) is 0 Å². The van der Waals surface area contributed by atoms with Crippen LogP contribution in [-0.4, -0.2) is 30.0 Å². The van der Waals surface area contributed by atoms with Crippen LogP contribution in [0.3, 0.4) is 0 Å². The van der Waals surface area contributed by atoms with E-state index in [4.69, 9.17) is 4.98 Å². The molecule has 0 aliphatic carbocycles. The number of nitrogens with zero attached hydrogens (tertiary/aromatic N) is 5. The summed E-state index contributed by atoms with van der Waals surface area (Å²) in [5.74, 6) is 1.28. The highest BCUT2D eigenvalue weighted by Crippen LogP contribution is 2.31. The van der Waals surface area contributed by atoms with Crippen molar-refractivity contribution < 1.29 is 18.0 Å². The second-order valence-electron chi connectivity index (χ2n) is 9.33. The molecular weight excluding hydrogens is 531 g/mol. The monoisotopic (exact) mass is 553 g/mol. The number of amides is 2. The summed E-state index contributed by atoms with van der Waals surface area (Å²) in [6, 6.07) is 18.8. The summed E-state index contributed by atoms with van der Waals surface area (Å²) in [6.45, 7) is 2.02. The average molecular weight is 554 g/mol. The lowest BCUT2D eigenvalue weighted by molar-refractivity contribution is -0.137. The third-order valence-corrected chi connectivity index (χ3v) is 6.40. The van der Waals surface area contributed by atoms with Gasteiger partial charge in [0.25, 0.3) is 0 Å². The Hall–Kier alpha value is -5.45. The smallest absolute Gasteiger partial charge is 0.308 e. The molecule has 0 aliphatic rings. The van der Waals surface area contributed by atoms with Crippen LogP contribution >= 0.6 is 0 Å². The first kappa shape index (κ1) is 25.8. The fraction of sp³-hybridized carbons (Fsp3) is 0.0667. The van der Waals surface area contributed by atoms with Crippen molar-refractivity contribution >= 4 is 23.1 Å². The van der Waals surface area contributed by atoms with Gasteiger partial charge in [-0.25, -0.2) is 19.7 Å². The number of hydrogen-bond donors (Lipinski definition) is 2. The van der Waals surface area contributed by atoms with Crippen LogP contribution in [0.15, 0.2) is 104 Å². The van der Waals surface area contributed by atoms with Gasteiger partial charge in [-0.15, -0.1) is 0 Å². The van der Waals surface area contributed by atoms with E-state index in [1.807, 2.05) is 64.8 Å². The van der Waals surface area contributed by atoms with E-state index < -0.39 is 17.8 Å². The number of anilines is 2. The SMILES string of the molecule is Cc1ccc(-c2nccn2-c2nc(-c3cccc(NC(=O)Nc4cccc(C(F)(F)F)c4)c3)cn3ccnc23)cc1. The topological polar surface area (TPSA) is 89.1 Å². The van der Waals surface area contributed by atoms with Gasteiger partial charge in [-0.05, 0) is 37.3 Å². The molecule has 6 rings (SSSR count). The zero-order valence-corrected chi connectivity index (χ0v) is 21.6. The van der Waals surface area contributed by atoms with E-state index in [1.165, 1.54) is 12.1 Å². The summed E-state index contributed by atoms with van der Waals surface area (Å²) in [5, 5.41) is 5.12. The Morgan fingerprint density at radius 2 is 1.54 bits per heavy atom. The minimum atomic E-state index is -4.51. The maximum absolute atomic E-state index is 13.0. The first-order valence-electron chi connectivity index (χ1n) is 12.5. The van der Waals surface area contributed by atoms with Crippen molar-refractivity contribution in [1.82, 2.24) is 23.9 Å². The van der Waals surface area contributed by atoms with Gasteiger partial charge in [0.1, 0.15) is 5.82 Å². The predicted molar refractivity (Wildman–Crippen MR) is 150 cm³/mol. The number of carbonyl (C=O) groups is 1. The Balaban J connectivity index is 1.30. The fourth-order valence-corrected chi connectivity index (χ4v) is 4.43. The van der Waals surface area contributed by atoms with Gasteiger partial charge < -0.3 is 15.0 Å². The molecule has 0 atom stereocenters. The van der Waals surface area contributed by atoms with E-state index in [9.17, 15) is 18.0 Å². The molecule has 41 heavy (non-hydrogen) atoms. The fourth-order valence-electron chi connectivity index (χ4n) is 4.43. The van der Waals surface area contributed by atoms with Crippen LogP contribution in [0.5, 0.6) is 0 Å². The Labute approximate surface area is 232 Å². The van der Waals surface area contributed by atoms with E-state index in [-0.39, 0.29) is 5.69 Å². The highest BCUT2D eigenvalue weighted by Gasteiger charge is 2.30. The van der Waals surface area contributed by atoms with Gasteiger partial charge in [0.15, 0.2) is 11.5 Å². The number of imidazole rings is 2. The summed E-state index contributed by atoms with van der Waals surface area (Å²) in [5.41, 5.74) is 3.62. The molecule has 0 aliphatic heterocycles. The lowest BCUT2D eigenvalue weighted by Crippen LogP contribution is -2.19. The van der Waals surface area contributed by atoms with Crippen LogP contribution in [0.2, 0.25) is 0 Å². The Morgan fingerprint density at radius 3 is 2.29 bits per heavy atom. The molecule has 0 fully saturated rings. The lowest BCUT2D eigenvalue weighted by atomic mass is 10.1. The third-order valence-electron chi connectivity index (χ3n) is 6.40. The van der Waals surface area contributed by atoms with Gasteiger partial charge in [-0.2, -0.15) is 13.2 Å². The van der Waals surface area contributed by atoms with Gasteiger partial charge in [-0.1, -0.05) is 48.0 Å². The predicted octanol–water partition coefficient (Wildman–Crippen LogP) is 7.22. The standard InChI is InChI=1S/C30H22F3N7O/c1-19-8-10-20(11-9-19)26-34-13-15-40(26)28-27-35-12-14-39(27)18-25(38-28)21-4-2-6-23(16-21)36-29(41)37-24-7-3-5-22(17-24)30(31,32)33/h2-18H,1H3,(H2,36,37,41). The first-order valence-corrected chi connectivity index (χ1v) is 12.5. The summed E-state index contributed by atoms with van der Waals surface area (Å²) in [7, 11) is 0. The number of fused-ring (bicyclic) bond motifs is 1. The molecule has 6 aromatic rings. The first-order chi connectivity index (χ1) is 19.7. The van der Waals surface area contributed by atoms with Crippen LogP contribution in [-0.2, 0) is 6.18 Å². The van der Waals surface area contributed by atoms with Gasteiger partial charge >= 0.3 is 12.2 Å². The summed E-state index contributed by atoms with van der Waals surface area (Å²) >= 11 is 0. The number of benzene rings is 3. The molecule has 3 heterocycles. The molecule has 0 spiro atoms. The Bertz CT molecular complexity index is 1870. The molecule has 11 heteroatoms. The average Bonchev–Trinajstić information content (AvgIpc) is 3.63. The number of hydrogen-bond acceptors (Lipinski definition) is 4. The van der Waals surface area contributed by atoms with E-state index in [0.29, 0.717) is 34.2 Å². The van der Waals surface area contributed by atoms with Crippen LogP contribution < -0.4 is 10.6 Å². The van der Waals surface area contributed by atoms with Gasteiger partial charge in [-0.3, -0.25) is 4.57 Å². The number of aromatic nitrogens is 5. The molecule has 0 bridgehead atoms. The van der Waals surface area contributed by atoms with E-state index in [0.717, 1.165) is 23.3 Å². The number of aryl methyl sites for hydroxylation is 1. The molecule has 0 radical (unpaired) electrons. The van der Waals surface area contributed by atoms with Crippen molar-refractivity contribution in [3.63, 3.8) is 0 Å². The number of rotatable bonds is 5. The second kappa shape index (κ2) is 10.3. The van der Waals surface area contributed by atoms with E-state index >= 15 is 0 Å². The van der Waals surface area contributed by atoms with Crippen molar-refractivity contribution in [2.45, 2.75) is 13.1 Å². The molecule has 8 nitrogen and oxygen atoms in total. The van der Waals surface area contributed by atoms with Crippen LogP contribution in [0.4, 0.5) is 29.3 Å². The van der Waals surface area contributed by atoms with Crippen molar-refractivity contribution in [3.05, 3.63) is 115 Å². The zero-order valence-electron chi connectivity index (χ0n) is 21.6. The quantitative estimate of drug-likeness (QED) is 0.236. The minimum absolute atomic E-state index is 0.0232. The summed E-state index contributed by atoms with van der Waals surface area (Å²) < 4.78 is 42.8. The molecule has 204 valence electrons. The molecule has 0 unspecified atom stereocenters. The lowest BCUT2D eigenvalue weighted by Gasteiger charge is -2.13. The van der Waals surface area contributed by atoms with Gasteiger partial charge in [0.05, 0.1) is 11.3 Å². The van der Waals surface area contributed by atoms with Gasteiger partial charge in [0.2, 0.25) is 0 Å². The molecule has 3 aromatic heterocycles. The third kappa shape index (κ3) is 5.37. The van der Waals surface area contributed by atoms with Crippen molar-refractivity contribution in [3.8, 4) is 28.5 Å². The largest absolute Gasteiger partial charge is 0.416 e. The van der Waals surface area contributed by atoms with Crippen LogP contribution in [0.25, 0.3) is 34.1 Å². The number of alkyl halides is 3. The molecule has 3 aromatic carbocycles. The highest BCUT2D eigenvalue weighted by molar-refractivity contribution is 6.00. The van der Waals surface area contributed by atoms with Crippen molar-refractivity contribution in [2.75, 3.05) is 10.6 Å². The Morgan fingerprint density at radius 1 is 0.829 bits per heavy atom. The second-order valence-corrected chi connectivity index (χ2v) is 9.33. The summed E-state index contributed by atoms with van der Waals surface area (Å²) in [6.07, 6.45) is 4.35. The molecule has 0 saturated carbocycles. The maximum atomic E-state index is 13.0. The van der Waals surface area contributed by atoms with Gasteiger partial charge in [0, 0.05) is 53.5 Å². The van der Waals surface area contributed by atoms with Crippen molar-refractivity contribution in [2.24, 2.45) is 0 Å². The zero-order chi connectivity index (χ0) is 28.6.